The van der Waals surface area contributed by atoms with Crippen molar-refractivity contribution in [3.63, 3.8) is 0 Å². The monoisotopic (exact) mass is 218 g/mol. The van der Waals surface area contributed by atoms with Crippen LogP contribution in [-0.4, -0.2) is 6.04 Å². The van der Waals surface area contributed by atoms with E-state index in [9.17, 15) is 0 Å². The van der Waals surface area contributed by atoms with Gasteiger partial charge < -0.3 is 5.32 Å². The number of anilines is 1. The summed E-state index contributed by atoms with van der Waals surface area (Å²) in [6, 6.07) is 7.25. The minimum absolute atomic E-state index is 0.0735. The fourth-order valence-corrected chi connectivity index (χ4v) is 1.42. The standard InChI is InChI=1S/C12H11ClN2/c1-3-9(4-2)15-12-7-5-6-11(13)10(12)8-14/h1,5-7,9,15H,4H2,2H3. The molecule has 3 heteroatoms. The minimum atomic E-state index is -0.0735. The molecule has 15 heavy (non-hydrogen) atoms. The molecule has 0 bridgehead atoms. The van der Waals surface area contributed by atoms with E-state index in [4.69, 9.17) is 23.3 Å². The van der Waals surface area contributed by atoms with Gasteiger partial charge in [-0.2, -0.15) is 5.26 Å². The average Bonchev–Trinajstić information content (AvgIpc) is 2.26. The zero-order valence-electron chi connectivity index (χ0n) is 8.42. The van der Waals surface area contributed by atoms with Crippen molar-refractivity contribution in [2.45, 2.75) is 19.4 Å². The highest BCUT2D eigenvalue weighted by atomic mass is 35.5. The second-order valence-corrected chi connectivity index (χ2v) is 3.45. The summed E-state index contributed by atoms with van der Waals surface area (Å²) in [6.07, 6.45) is 6.13. The van der Waals surface area contributed by atoms with Crippen molar-refractivity contribution in [2.75, 3.05) is 5.32 Å². The van der Waals surface area contributed by atoms with Crippen molar-refractivity contribution in [1.82, 2.24) is 0 Å². The number of rotatable bonds is 3. The lowest BCUT2D eigenvalue weighted by Gasteiger charge is -2.13. The molecule has 1 atom stereocenters. The third kappa shape index (κ3) is 2.65. The predicted octanol–water partition coefficient (Wildman–Crippen LogP) is 3.04. The summed E-state index contributed by atoms with van der Waals surface area (Å²) < 4.78 is 0. The quantitative estimate of drug-likeness (QED) is 0.792. The fourth-order valence-electron chi connectivity index (χ4n) is 1.21. The number of hydrogen-bond acceptors (Lipinski definition) is 2. The van der Waals surface area contributed by atoms with Crippen LogP contribution in [-0.2, 0) is 0 Å². The van der Waals surface area contributed by atoms with Gasteiger partial charge in [0, 0.05) is 0 Å². The molecule has 1 aromatic carbocycles. The van der Waals surface area contributed by atoms with E-state index in [0.717, 1.165) is 6.42 Å². The van der Waals surface area contributed by atoms with Gasteiger partial charge in [0.05, 0.1) is 22.3 Å². The molecule has 0 fully saturated rings. The molecule has 0 aliphatic carbocycles. The number of benzene rings is 1. The SMILES string of the molecule is C#CC(CC)Nc1cccc(Cl)c1C#N. The topological polar surface area (TPSA) is 35.8 Å². The highest BCUT2D eigenvalue weighted by Gasteiger charge is 2.08. The van der Waals surface area contributed by atoms with E-state index in [1.54, 1.807) is 18.2 Å². The van der Waals surface area contributed by atoms with Crippen molar-refractivity contribution in [3.8, 4) is 18.4 Å². The van der Waals surface area contributed by atoms with Crippen molar-refractivity contribution >= 4 is 17.3 Å². The summed E-state index contributed by atoms with van der Waals surface area (Å²) in [4.78, 5) is 0. The Labute approximate surface area is 94.9 Å². The molecule has 76 valence electrons. The van der Waals surface area contributed by atoms with Crippen LogP contribution in [0.5, 0.6) is 0 Å². The Morgan fingerprint density at radius 3 is 2.87 bits per heavy atom. The van der Waals surface area contributed by atoms with Gasteiger partial charge in [-0.1, -0.05) is 30.5 Å². The predicted molar refractivity (Wildman–Crippen MR) is 62.7 cm³/mol. The summed E-state index contributed by atoms with van der Waals surface area (Å²) in [6.45, 7) is 1.98. The zero-order chi connectivity index (χ0) is 11.3. The summed E-state index contributed by atoms with van der Waals surface area (Å²) in [5, 5.41) is 12.5. The van der Waals surface area contributed by atoms with Gasteiger partial charge >= 0.3 is 0 Å². The van der Waals surface area contributed by atoms with Crippen molar-refractivity contribution in [1.29, 1.82) is 5.26 Å². The van der Waals surface area contributed by atoms with Crippen molar-refractivity contribution < 1.29 is 0 Å². The summed E-state index contributed by atoms with van der Waals surface area (Å²) in [5.74, 6) is 2.61. The Morgan fingerprint density at radius 2 is 2.33 bits per heavy atom. The van der Waals surface area contributed by atoms with Gasteiger partial charge in [-0.25, -0.2) is 0 Å². The number of halogens is 1. The van der Waals surface area contributed by atoms with Crippen LogP contribution in [0.2, 0.25) is 5.02 Å². The van der Waals surface area contributed by atoms with Crippen LogP contribution >= 0.6 is 11.6 Å². The van der Waals surface area contributed by atoms with Gasteiger partial charge in [0.2, 0.25) is 0 Å². The third-order valence-corrected chi connectivity index (χ3v) is 2.38. The third-order valence-electron chi connectivity index (χ3n) is 2.06. The van der Waals surface area contributed by atoms with Crippen LogP contribution in [0.15, 0.2) is 18.2 Å². The van der Waals surface area contributed by atoms with E-state index in [1.807, 2.05) is 6.92 Å². The molecule has 1 rings (SSSR count). The van der Waals surface area contributed by atoms with Crippen LogP contribution in [0.1, 0.15) is 18.9 Å². The molecule has 0 amide bonds. The van der Waals surface area contributed by atoms with Crippen LogP contribution in [0.4, 0.5) is 5.69 Å². The zero-order valence-corrected chi connectivity index (χ0v) is 9.17. The van der Waals surface area contributed by atoms with Gasteiger partial charge in [0.25, 0.3) is 0 Å². The number of nitrogens with zero attached hydrogens (tertiary/aromatic N) is 1. The molecule has 0 aliphatic rings. The molecule has 0 saturated carbocycles. The van der Waals surface area contributed by atoms with Gasteiger partial charge in [-0.3, -0.25) is 0 Å². The second kappa shape index (κ2) is 5.29. The molecule has 1 N–H and O–H groups in total. The Balaban J connectivity index is 3.01. The highest BCUT2D eigenvalue weighted by Crippen LogP contribution is 2.23. The van der Waals surface area contributed by atoms with Crippen molar-refractivity contribution in [3.05, 3.63) is 28.8 Å². The first kappa shape index (κ1) is 11.4. The molecule has 1 unspecified atom stereocenters. The normalized spacial score (nSPS) is 11.2. The Hall–Kier alpha value is -1.64. The lowest BCUT2D eigenvalue weighted by molar-refractivity contribution is 0.857. The molecule has 0 heterocycles. The van der Waals surface area contributed by atoms with Gasteiger partial charge in [-0.15, -0.1) is 6.42 Å². The second-order valence-electron chi connectivity index (χ2n) is 3.05. The minimum Gasteiger partial charge on any atom is -0.370 e. The molecule has 0 spiro atoms. The van der Waals surface area contributed by atoms with Gasteiger partial charge in [-0.05, 0) is 18.6 Å². The summed E-state index contributed by atoms with van der Waals surface area (Å²) in [5.41, 5.74) is 1.13. The first-order chi connectivity index (χ1) is 7.22. The van der Waals surface area contributed by atoms with Crippen LogP contribution in [0.25, 0.3) is 0 Å². The van der Waals surface area contributed by atoms with E-state index < -0.39 is 0 Å². The summed E-state index contributed by atoms with van der Waals surface area (Å²) >= 11 is 5.89. The van der Waals surface area contributed by atoms with Gasteiger partial charge in [0.1, 0.15) is 6.07 Å². The van der Waals surface area contributed by atoms with Crippen LogP contribution in [0.3, 0.4) is 0 Å². The molecule has 0 aromatic heterocycles. The maximum atomic E-state index is 8.93. The molecular weight excluding hydrogens is 208 g/mol. The molecular formula is C12H11ClN2. The maximum Gasteiger partial charge on any atom is 0.103 e. The van der Waals surface area contributed by atoms with E-state index in [-0.39, 0.29) is 6.04 Å². The molecule has 0 aliphatic heterocycles. The number of nitrogens with one attached hydrogen (secondary N) is 1. The van der Waals surface area contributed by atoms with Crippen LogP contribution < -0.4 is 5.32 Å². The molecule has 0 saturated heterocycles. The Bertz CT molecular complexity index is 426. The van der Waals surface area contributed by atoms with E-state index in [1.165, 1.54) is 0 Å². The number of nitriles is 1. The first-order valence-electron chi connectivity index (χ1n) is 4.64. The average molecular weight is 219 g/mol. The largest absolute Gasteiger partial charge is 0.370 e. The van der Waals surface area contributed by atoms with E-state index >= 15 is 0 Å². The summed E-state index contributed by atoms with van der Waals surface area (Å²) in [7, 11) is 0. The lowest BCUT2D eigenvalue weighted by atomic mass is 10.1. The number of terminal acetylenes is 1. The first-order valence-corrected chi connectivity index (χ1v) is 5.02. The van der Waals surface area contributed by atoms with E-state index in [2.05, 4.69) is 17.3 Å². The Morgan fingerprint density at radius 1 is 1.60 bits per heavy atom. The lowest BCUT2D eigenvalue weighted by Crippen LogP contribution is -2.16. The molecule has 1 aromatic rings. The van der Waals surface area contributed by atoms with E-state index in [0.29, 0.717) is 16.3 Å². The highest BCUT2D eigenvalue weighted by molar-refractivity contribution is 6.32. The van der Waals surface area contributed by atoms with Crippen molar-refractivity contribution in [2.24, 2.45) is 0 Å². The van der Waals surface area contributed by atoms with Gasteiger partial charge in [0.15, 0.2) is 0 Å². The fraction of sp³-hybridized carbons (Fsp3) is 0.250. The molecule has 2 nitrogen and oxygen atoms in total. The number of hydrogen-bond donors (Lipinski definition) is 1. The molecule has 0 radical (unpaired) electrons. The Kier molecular flexibility index (Phi) is 4.03. The van der Waals surface area contributed by atoms with Crippen LogP contribution in [0, 0.1) is 23.7 Å². The maximum absolute atomic E-state index is 8.93. The smallest absolute Gasteiger partial charge is 0.103 e.